The Morgan fingerprint density at radius 2 is 1.77 bits per heavy atom. The third-order valence-corrected chi connectivity index (χ3v) is 6.01. The predicted octanol–water partition coefficient (Wildman–Crippen LogP) is 5.33. The van der Waals surface area contributed by atoms with Gasteiger partial charge in [0.25, 0.3) is 0 Å². The van der Waals surface area contributed by atoms with Gasteiger partial charge in [-0.05, 0) is 44.5 Å². The molecule has 0 aromatic heterocycles. The third kappa shape index (κ3) is 6.87. The molecule has 0 unspecified atom stereocenters. The molecule has 1 aromatic rings. The van der Waals surface area contributed by atoms with E-state index < -0.39 is 18.6 Å². The van der Waals surface area contributed by atoms with Crippen LogP contribution in [0.3, 0.4) is 0 Å². The molecular formula is C13H18F3O3PS2. The molecule has 0 saturated carbocycles. The van der Waals surface area contributed by atoms with E-state index in [1.165, 1.54) is 0 Å². The van der Waals surface area contributed by atoms with E-state index in [-0.39, 0.29) is 0 Å². The van der Waals surface area contributed by atoms with Gasteiger partial charge in [-0.15, -0.1) is 11.8 Å². The lowest BCUT2D eigenvalue weighted by Gasteiger charge is -2.21. The zero-order valence-electron chi connectivity index (χ0n) is 12.5. The molecule has 0 aliphatic rings. The number of alkyl halides is 3. The van der Waals surface area contributed by atoms with Crippen LogP contribution < -0.4 is 4.52 Å². The molecule has 22 heavy (non-hydrogen) atoms. The highest BCUT2D eigenvalue weighted by Crippen LogP contribution is 2.50. The zero-order chi connectivity index (χ0) is 16.8. The second kappa shape index (κ2) is 8.55. The molecule has 0 radical (unpaired) electrons. The van der Waals surface area contributed by atoms with Gasteiger partial charge < -0.3 is 4.52 Å². The Morgan fingerprint density at radius 3 is 2.23 bits per heavy atom. The average molecular weight is 374 g/mol. The monoisotopic (exact) mass is 374 g/mol. The quantitative estimate of drug-likeness (QED) is 0.453. The van der Waals surface area contributed by atoms with Crippen molar-refractivity contribution in [3.05, 3.63) is 23.8 Å². The summed E-state index contributed by atoms with van der Waals surface area (Å²) in [5.41, 5.74) is 0.682. The highest BCUT2D eigenvalue weighted by molar-refractivity contribution is 8.07. The number of halogens is 3. The van der Waals surface area contributed by atoms with Crippen molar-refractivity contribution in [3.63, 3.8) is 0 Å². The smallest absolute Gasteiger partial charge is 0.398 e. The van der Waals surface area contributed by atoms with Crippen LogP contribution >= 0.6 is 18.5 Å². The minimum Gasteiger partial charge on any atom is -0.424 e. The summed E-state index contributed by atoms with van der Waals surface area (Å²) in [6.07, 6.45) is -4.20. The number of rotatable bonds is 8. The van der Waals surface area contributed by atoms with Gasteiger partial charge in [-0.3, -0.25) is 9.05 Å². The maximum atomic E-state index is 12.3. The maximum Gasteiger partial charge on any atom is 0.398 e. The summed E-state index contributed by atoms with van der Waals surface area (Å²) < 4.78 is 53.1. The molecule has 0 N–H and O–H groups in total. The number of hydrogen-bond donors (Lipinski definition) is 0. The highest BCUT2D eigenvalue weighted by atomic mass is 32.5. The number of hydrogen-bond acceptors (Lipinski definition) is 5. The Bertz CT molecular complexity index is 528. The van der Waals surface area contributed by atoms with Crippen molar-refractivity contribution in [1.29, 1.82) is 0 Å². The summed E-state index contributed by atoms with van der Waals surface area (Å²) in [4.78, 5) is 0.547. The predicted molar refractivity (Wildman–Crippen MR) is 86.1 cm³/mol. The van der Waals surface area contributed by atoms with Crippen molar-refractivity contribution in [2.45, 2.75) is 31.8 Å². The lowest BCUT2D eigenvalue weighted by molar-refractivity contribution is -0.105. The molecule has 1 rings (SSSR count). The van der Waals surface area contributed by atoms with Gasteiger partial charge in [0.05, 0.1) is 19.0 Å². The molecule has 0 spiro atoms. The van der Waals surface area contributed by atoms with Gasteiger partial charge in [0.2, 0.25) is 0 Å². The van der Waals surface area contributed by atoms with Crippen LogP contribution in [0.25, 0.3) is 0 Å². The van der Waals surface area contributed by atoms with Crippen molar-refractivity contribution in [3.8, 4) is 5.75 Å². The Kier molecular flexibility index (Phi) is 7.68. The van der Waals surface area contributed by atoms with Crippen LogP contribution in [0, 0.1) is 6.92 Å². The fraction of sp³-hybridized carbons (Fsp3) is 0.538. The molecule has 0 amide bonds. The molecule has 0 heterocycles. The standard InChI is InChI=1S/C13H18F3O3PS2/c1-4-17-20(21,18-5-2)19-11-6-7-12(10(3)8-11)22-9-13(14,15)16/h6-8H,4-5,9H2,1-3H3. The summed E-state index contributed by atoms with van der Waals surface area (Å²) in [6, 6.07) is 4.79. The van der Waals surface area contributed by atoms with Gasteiger partial charge in [-0.2, -0.15) is 13.2 Å². The van der Waals surface area contributed by atoms with E-state index in [2.05, 4.69) is 0 Å². The first kappa shape index (κ1) is 19.8. The summed E-state index contributed by atoms with van der Waals surface area (Å²) >= 11 is 5.99. The van der Waals surface area contributed by atoms with E-state index in [1.807, 2.05) is 0 Å². The lowest BCUT2D eigenvalue weighted by Crippen LogP contribution is -2.10. The molecule has 0 aliphatic heterocycles. The zero-order valence-corrected chi connectivity index (χ0v) is 15.0. The largest absolute Gasteiger partial charge is 0.424 e. The van der Waals surface area contributed by atoms with Crippen molar-refractivity contribution in [2.24, 2.45) is 0 Å². The van der Waals surface area contributed by atoms with E-state index in [0.717, 1.165) is 11.8 Å². The first-order valence-electron chi connectivity index (χ1n) is 6.58. The Hall–Kier alpha value is -0.270. The molecule has 0 aliphatic carbocycles. The minimum atomic E-state index is -4.20. The van der Waals surface area contributed by atoms with E-state index in [0.29, 0.717) is 29.4 Å². The number of thioether (sulfide) groups is 1. The SMILES string of the molecule is CCOP(=S)(OCC)Oc1ccc(SCC(F)(F)F)c(C)c1. The van der Waals surface area contributed by atoms with Gasteiger partial charge in [-0.1, -0.05) is 0 Å². The molecule has 3 nitrogen and oxygen atoms in total. The first-order valence-corrected chi connectivity index (χ1v) is 10.1. The normalized spacial score (nSPS) is 12.5. The van der Waals surface area contributed by atoms with Crippen LogP contribution in [0.5, 0.6) is 5.75 Å². The molecule has 1 aromatic carbocycles. The van der Waals surface area contributed by atoms with Gasteiger partial charge in [0, 0.05) is 16.7 Å². The van der Waals surface area contributed by atoms with Crippen molar-refractivity contribution in [2.75, 3.05) is 19.0 Å². The van der Waals surface area contributed by atoms with Crippen LogP contribution in [0.1, 0.15) is 19.4 Å². The van der Waals surface area contributed by atoms with Crippen molar-refractivity contribution in [1.82, 2.24) is 0 Å². The van der Waals surface area contributed by atoms with Crippen LogP contribution in [-0.2, 0) is 20.9 Å². The highest BCUT2D eigenvalue weighted by Gasteiger charge is 2.27. The fourth-order valence-electron chi connectivity index (χ4n) is 1.54. The third-order valence-electron chi connectivity index (χ3n) is 2.33. The molecule has 0 atom stereocenters. The van der Waals surface area contributed by atoms with Crippen molar-refractivity contribution < 1.29 is 26.7 Å². The molecule has 0 saturated heterocycles. The molecule has 9 heteroatoms. The Morgan fingerprint density at radius 1 is 1.18 bits per heavy atom. The minimum absolute atomic E-state index is 0.357. The van der Waals surface area contributed by atoms with Gasteiger partial charge in [0.15, 0.2) is 0 Å². The maximum absolute atomic E-state index is 12.3. The van der Waals surface area contributed by atoms with E-state index in [4.69, 9.17) is 25.4 Å². The van der Waals surface area contributed by atoms with E-state index in [1.54, 1.807) is 39.0 Å². The van der Waals surface area contributed by atoms with Gasteiger partial charge in [-0.25, -0.2) is 0 Å². The number of aryl methyl sites for hydroxylation is 1. The van der Waals surface area contributed by atoms with Gasteiger partial charge in [0.1, 0.15) is 5.75 Å². The second-order valence-corrected chi connectivity index (χ2v) is 8.16. The second-order valence-electron chi connectivity index (χ2n) is 4.21. The van der Waals surface area contributed by atoms with Crippen LogP contribution in [0.15, 0.2) is 23.1 Å². The van der Waals surface area contributed by atoms with Crippen LogP contribution in [0.2, 0.25) is 0 Å². The summed E-state index contributed by atoms with van der Waals surface area (Å²) in [5, 5.41) is 0. The van der Waals surface area contributed by atoms with Crippen LogP contribution in [0.4, 0.5) is 13.2 Å². The average Bonchev–Trinajstić information content (AvgIpc) is 2.37. The Labute approximate surface area is 137 Å². The molecule has 126 valence electrons. The fourth-order valence-corrected chi connectivity index (χ4v) is 4.38. The molecular weight excluding hydrogens is 356 g/mol. The summed E-state index contributed by atoms with van der Waals surface area (Å²) in [5.74, 6) is -0.497. The lowest BCUT2D eigenvalue weighted by atomic mass is 10.2. The molecule has 0 bridgehead atoms. The first-order chi connectivity index (χ1) is 10.2. The molecule has 0 fully saturated rings. The van der Waals surface area contributed by atoms with E-state index in [9.17, 15) is 13.2 Å². The number of benzene rings is 1. The summed E-state index contributed by atoms with van der Waals surface area (Å²) in [7, 11) is 0. The van der Waals surface area contributed by atoms with Crippen molar-refractivity contribution >= 4 is 30.3 Å². The topological polar surface area (TPSA) is 27.7 Å². The Balaban J connectivity index is 2.82. The van der Waals surface area contributed by atoms with E-state index >= 15 is 0 Å². The van der Waals surface area contributed by atoms with Crippen LogP contribution in [-0.4, -0.2) is 25.1 Å². The summed E-state index contributed by atoms with van der Waals surface area (Å²) in [6.45, 7) is 3.13. The van der Waals surface area contributed by atoms with Gasteiger partial charge >= 0.3 is 12.9 Å².